The molecule has 1 aromatic heterocycles. The number of halogens is 6. The Balaban J connectivity index is 3.50. The van der Waals surface area contributed by atoms with E-state index in [9.17, 15) is 26.7 Å². The van der Waals surface area contributed by atoms with Crippen LogP contribution in [-0.2, 0) is 12.5 Å². The molecule has 0 aliphatic carbocycles. The maximum absolute atomic E-state index is 13.2. The number of pyridine rings is 1. The average Bonchev–Trinajstić information content (AvgIpc) is 2.20. The normalized spacial score (nSPS) is 12.6. The van der Waals surface area contributed by atoms with Crippen LogP contribution in [0.4, 0.5) is 22.0 Å². The lowest BCUT2D eigenvalue weighted by molar-refractivity contribution is -0.289. The minimum atomic E-state index is -5.83. The van der Waals surface area contributed by atoms with Gasteiger partial charge in [-0.05, 0) is 28.9 Å². The molecule has 0 amide bonds. The third-order valence-electron chi connectivity index (χ3n) is 2.19. The molecule has 8 heteroatoms. The van der Waals surface area contributed by atoms with E-state index < -0.39 is 23.2 Å². The van der Waals surface area contributed by atoms with Crippen LogP contribution in [0.5, 0.6) is 0 Å². The van der Waals surface area contributed by atoms with Gasteiger partial charge < -0.3 is 4.57 Å². The van der Waals surface area contributed by atoms with Gasteiger partial charge >= 0.3 is 12.1 Å². The van der Waals surface area contributed by atoms with Crippen molar-refractivity contribution in [2.24, 2.45) is 0 Å². The van der Waals surface area contributed by atoms with Gasteiger partial charge in [-0.2, -0.15) is 22.0 Å². The van der Waals surface area contributed by atoms with Crippen LogP contribution < -0.4 is 5.56 Å². The van der Waals surface area contributed by atoms with E-state index in [0.29, 0.717) is 11.6 Å². The van der Waals surface area contributed by atoms with Crippen molar-refractivity contribution >= 4 is 15.9 Å². The van der Waals surface area contributed by atoms with Gasteiger partial charge in [0.25, 0.3) is 5.56 Å². The minimum absolute atomic E-state index is 0.0488. The van der Waals surface area contributed by atoms with Gasteiger partial charge in [0.05, 0.1) is 5.56 Å². The molecule has 0 atom stereocenters. The summed E-state index contributed by atoms with van der Waals surface area (Å²) in [6, 6.07) is 0.477. The first-order chi connectivity index (χ1) is 8.46. The number of allylic oxidation sites excluding steroid dienone is 1. The van der Waals surface area contributed by atoms with Crippen LogP contribution >= 0.6 is 15.9 Å². The highest BCUT2D eigenvalue weighted by atomic mass is 79.9. The van der Waals surface area contributed by atoms with Crippen molar-refractivity contribution in [3.63, 3.8) is 0 Å². The molecule has 0 saturated carbocycles. The van der Waals surface area contributed by atoms with Gasteiger partial charge in [-0.1, -0.05) is 12.2 Å². The maximum Gasteiger partial charge on any atom is 0.458 e. The molecule has 1 rings (SSSR count). The molecule has 0 aliphatic rings. The third-order valence-corrected chi connectivity index (χ3v) is 2.62. The molecule has 1 aromatic rings. The fourth-order valence-corrected chi connectivity index (χ4v) is 1.86. The van der Waals surface area contributed by atoms with Crippen molar-refractivity contribution < 1.29 is 22.0 Å². The second-order valence-electron chi connectivity index (χ2n) is 4.03. The predicted octanol–water partition coefficient (Wildman–Crippen LogP) is 3.84. The van der Waals surface area contributed by atoms with Crippen LogP contribution in [-0.4, -0.2) is 10.7 Å². The Morgan fingerprint density at radius 1 is 1.37 bits per heavy atom. The zero-order chi connectivity index (χ0) is 15.0. The molecule has 0 radical (unpaired) electrons. The van der Waals surface area contributed by atoms with Crippen molar-refractivity contribution in [2.45, 2.75) is 25.6 Å². The van der Waals surface area contributed by atoms with E-state index in [-0.39, 0.29) is 11.0 Å². The first kappa shape index (κ1) is 15.9. The summed E-state index contributed by atoms with van der Waals surface area (Å²) in [5.74, 6) is -5.20. The molecule has 0 unspecified atom stereocenters. The zero-order valence-electron chi connectivity index (χ0n) is 9.69. The fraction of sp³-hybridized carbons (Fsp3) is 0.364. The molecule has 0 bridgehead atoms. The monoisotopic (exact) mass is 345 g/mol. The standard InChI is InChI=1S/C11H9BrF5NO/c1-6(2)4-18-5-7(12)3-8(9(18)19)10(13,14)11(15,16)17/h3,5H,1,4H2,2H3. The number of nitrogens with zero attached hydrogens (tertiary/aromatic N) is 1. The summed E-state index contributed by atoms with van der Waals surface area (Å²) in [5.41, 5.74) is -2.56. The Bertz CT molecular complexity index is 561. The third kappa shape index (κ3) is 3.23. The molecule has 0 saturated heterocycles. The molecule has 0 aliphatic heterocycles. The van der Waals surface area contributed by atoms with Crippen molar-refractivity contribution in [1.29, 1.82) is 0 Å². The van der Waals surface area contributed by atoms with Gasteiger partial charge in [0, 0.05) is 17.2 Å². The van der Waals surface area contributed by atoms with Crippen LogP contribution in [0.3, 0.4) is 0 Å². The van der Waals surface area contributed by atoms with Crippen LogP contribution in [0.15, 0.2) is 33.7 Å². The lowest BCUT2D eigenvalue weighted by Gasteiger charge is -2.20. The molecule has 2 nitrogen and oxygen atoms in total. The molecular weight excluding hydrogens is 337 g/mol. The quantitative estimate of drug-likeness (QED) is 0.602. The highest BCUT2D eigenvalue weighted by molar-refractivity contribution is 9.10. The topological polar surface area (TPSA) is 22.0 Å². The Kier molecular flexibility index (Phi) is 4.23. The van der Waals surface area contributed by atoms with Gasteiger partial charge in [-0.3, -0.25) is 4.79 Å². The SMILES string of the molecule is C=C(C)Cn1cc(Br)cc(C(F)(F)C(F)(F)F)c1=O. The Hall–Kier alpha value is -1.18. The predicted molar refractivity (Wildman–Crippen MR) is 63.2 cm³/mol. The summed E-state index contributed by atoms with van der Waals surface area (Å²) in [6.45, 7) is 4.86. The van der Waals surface area contributed by atoms with Crippen LogP contribution in [0.25, 0.3) is 0 Å². The van der Waals surface area contributed by atoms with Crippen molar-refractivity contribution in [3.05, 3.63) is 44.8 Å². The highest BCUT2D eigenvalue weighted by Gasteiger charge is 2.60. The van der Waals surface area contributed by atoms with E-state index >= 15 is 0 Å². The lowest BCUT2D eigenvalue weighted by Crippen LogP contribution is -2.40. The van der Waals surface area contributed by atoms with Gasteiger partial charge in [0.15, 0.2) is 0 Å². The van der Waals surface area contributed by atoms with Gasteiger partial charge in [0.1, 0.15) is 0 Å². The summed E-state index contributed by atoms with van der Waals surface area (Å²) in [4.78, 5) is 11.7. The number of aromatic nitrogens is 1. The van der Waals surface area contributed by atoms with Gasteiger partial charge in [0.2, 0.25) is 0 Å². The van der Waals surface area contributed by atoms with Gasteiger partial charge in [-0.15, -0.1) is 0 Å². The van der Waals surface area contributed by atoms with E-state index in [4.69, 9.17) is 0 Å². The largest absolute Gasteiger partial charge is 0.458 e. The zero-order valence-corrected chi connectivity index (χ0v) is 11.3. The Morgan fingerprint density at radius 2 is 1.89 bits per heavy atom. The molecule has 0 fully saturated rings. The Morgan fingerprint density at radius 3 is 2.32 bits per heavy atom. The van der Waals surface area contributed by atoms with Crippen LogP contribution in [0, 0.1) is 0 Å². The molecule has 0 N–H and O–H groups in total. The number of hydrogen-bond acceptors (Lipinski definition) is 1. The molecular formula is C11H9BrF5NO. The number of rotatable bonds is 3. The van der Waals surface area contributed by atoms with Crippen molar-refractivity contribution in [2.75, 3.05) is 0 Å². The summed E-state index contributed by atoms with van der Waals surface area (Å²) in [6.07, 6.45) is -4.69. The molecule has 106 valence electrons. The lowest BCUT2D eigenvalue weighted by atomic mass is 10.1. The Labute approximate surface area is 113 Å². The highest BCUT2D eigenvalue weighted by Crippen LogP contribution is 2.42. The van der Waals surface area contributed by atoms with Gasteiger partial charge in [-0.25, -0.2) is 0 Å². The van der Waals surface area contributed by atoms with Crippen LogP contribution in [0.1, 0.15) is 12.5 Å². The first-order valence-corrected chi connectivity index (χ1v) is 5.75. The minimum Gasteiger partial charge on any atom is -0.310 e. The average molecular weight is 346 g/mol. The van der Waals surface area contributed by atoms with E-state index in [1.54, 1.807) is 0 Å². The summed E-state index contributed by atoms with van der Waals surface area (Å²) < 4.78 is 64.1. The maximum atomic E-state index is 13.2. The van der Waals surface area contributed by atoms with E-state index in [1.165, 1.54) is 6.92 Å². The second-order valence-corrected chi connectivity index (χ2v) is 4.95. The number of hydrogen-bond donors (Lipinski definition) is 0. The first-order valence-electron chi connectivity index (χ1n) is 4.96. The summed E-state index contributed by atoms with van der Waals surface area (Å²) in [7, 11) is 0. The molecule has 0 spiro atoms. The second kappa shape index (κ2) is 5.07. The van der Waals surface area contributed by atoms with E-state index in [1.807, 2.05) is 0 Å². The smallest absolute Gasteiger partial charge is 0.310 e. The fourth-order valence-electron chi connectivity index (χ4n) is 1.38. The van der Waals surface area contributed by atoms with Crippen molar-refractivity contribution in [1.82, 2.24) is 4.57 Å². The summed E-state index contributed by atoms with van der Waals surface area (Å²) in [5, 5.41) is 0. The molecule has 1 heterocycles. The molecule has 0 aromatic carbocycles. The number of alkyl halides is 5. The summed E-state index contributed by atoms with van der Waals surface area (Å²) >= 11 is 2.81. The van der Waals surface area contributed by atoms with Crippen molar-refractivity contribution in [3.8, 4) is 0 Å². The molecule has 19 heavy (non-hydrogen) atoms. The van der Waals surface area contributed by atoms with E-state index in [0.717, 1.165) is 10.8 Å². The van der Waals surface area contributed by atoms with E-state index in [2.05, 4.69) is 22.5 Å². The van der Waals surface area contributed by atoms with Crippen LogP contribution in [0.2, 0.25) is 0 Å².